The average molecular weight is 506 g/mol. The first-order chi connectivity index (χ1) is 17.7. The second kappa shape index (κ2) is 7.55. The van der Waals surface area contributed by atoms with Gasteiger partial charge in [-0.1, -0.05) is 6.07 Å². The van der Waals surface area contributed by atoms with Crippen LogP contribution in [0.25, 0.3) is 16.8 Å². The first kappa shape index (κ1) is 22.3. The summed E-state index contributed by atoms with van der Waals surface area (Å²) < 4.78 is 48.2. The fourth-order valence-corrected chi connectivity index (χ4v) is 5.84. The molecule has 1 aromatic carbocycles. The molecule has 3 aromatic heterocycles. The molecule has 0 spiro atoms. The van der Waals surface area contributed by atoms with E-state index in [1.165, 1.54) is 12.1 Å². The molecule has 2 unspecified atom stereocenters. The van der Waals surface area contributed by atoms with Crippen LogP contribution >= 0.6 is 0 Å². The van der Waals surface area contributed by atoms with Crippen LogP contribution in [0.4, 0.5) is 13.2 Å². The van der Waals surface area contributed by atoms with Crippen LogP contribution in [-0.4, -0.2) is 38.8 Å². The van der Waals surface area contributed by atoms with Gasteiger partial charge in [-0.25, -0.2) is 9.37 Å². The third-order valence-corrected chi connectivity index (χ3v) is 7.87. The highest BCUT2D eigenvalue weighted by molar-refractivity contribution is 5.98. The molecule has 188 valence electrons. The first-order valence-corrected chi connectivity index (χ1v) is 12.1. The summed E-state index contributed by atoms with van der Waals surface area (Å²) in [4.78, 5) is 24.0. The number of carbonyl (C=O) groups is 1. The number of nitrogens with two attached hydrogens (primary N) is 1. The standard InChI is InChI=1S/C27H22F3N5O2/c1-34-18-10-16(21-15(25(34)36)3-2-4-19(21)37-26(29)30)23-22(18)33-20-6-5-13(12-35(20)23)14-9-17(28)24(32-11-14)27(31)7-8-27/h2-6,9,11-12,16,18,26H,7-8,10,31H2,1H3. The van der Waals surface area contributed by atoms with Crippen molar-refractivity contribution in [1.29, 1.82) is 0 Å². The monoisotopic (exact) mass is 505 g/mol. The van der Waals surface area contributed by atoms with Gasteiger partial charge < -0.3 is 19.8 Å². The van der Waals surface area contributed by atoms with Gasteiger partial charge in [0.25, 0.3) is 5.91 Å². The number of amides is 1. The number of hydrogen-bond acceptors (Lipinski definition) is 5. The molecule has 2 bridgehead atoms. The number of benzene rings is 1. The second-order valence-corrected chi connectivity index (χ2v) is 10.1. The molecule has 10 heteroatoms. The van der Waals surface area contributed by atoms with Crippen molar-refractivity contribution in [3.8, 4) is 16.9 Å². The number of ether oxygens (including phenoxy) is 1. The summed E-state index contributed by atoms with van der Waals surface area (Å²) in [5.41, 5.74) is 9.98. The first-order valence-electron chi connectivity index (χ1n) is 12.1. The number of imidazole rings is 1. The highest BCUT2D eigenvalue weighted by atomic mass is 19.3. The molecule has 1 fully saturated rings. The largest absolute Gasteiger partial charge is 0.434 e. The lowest BCUT2D eigenvalue weighted by Gasteiger charge is -2.24. The fraction of sp³-hybridized carbons (Fsp3) is 0.296. The lowest BCUT2D eigenvalue weighted by atomic mass is 9.91. The third-order valence-electron chi connectivity index (χ3n) is 7.87. The van der Waals surface area contributed by atoms with Crippen molar-refractivity contribution in [1.82, 2.24) is 19.3 Å². The van der Waals surface area contributed by atoms with Crippen molar-refractivity contribution < 1.29 is 22.7 Å². The van der Waals surface area contributed by atoms with Crippen LogP contribution in [0.2, 0.25) is 0 Å². The number of fused-ring (bicyclic) bond motifs is 9. The summed E-state index contributed by atoms with van der Waals surface area (Å²) in [6.07, 6.45) is 5.38. The predicted octanol–water partition coefficient (Wildman–Crippen LogP) is 4.75. The molecular weight excluding hydrogens is 483 g/mol. The molecule has 1 aliphatic heterocycles. The Bertz CT molecular complexity index is 1610. The molecule has 0 radical (unpaired) electrons. The summed E-state index contributed by atoms with van der Waals surface area (Å²) in [6, 6.07) is 9.43. The van der Waals surface area contributed by atoms with Gasteiger partial charge >= 0.3 is 6.61 Å². The van der Waals surface area contributed by atoms with E-state index in [9.17, 15) is 18.0 Å². The number of rotatable bonds is 4. The normalized spacial score (nSPS) is 21.2. The van der Waals surface area contributed by atoms with Crippen molar-refractivity contribution in [3.63, 3.8) is 0 Å². The van der Waals surface area contributed by atoms with Gasteiger partial charge in [0, 0.05) is 47.6 Å². The molecule has 1 saturated carbocycles. The van der Waals surface area contributed by atoms with E-state index in [0.29, 0.717) is 52.9 Å². The lowest BCUT2D eigenvalue weighted by molar-refractivity contribution is -0.0506. The quantitative estimate of drug-likeness (QED) is 0.433. The molecule has 37 heavy (non-hydrogen) atoms. The Hall–Kier alpha value is -3.92. The Morgan fingerprint density at radius 2 is 2.00 bits per heavy atom. The van der Waals surface area contributed by atoms with Crippen molar-refractivity contribution in [2.24, 2.45) is 5.73 Å². The zero-order chi connectivity index (χ0) is 25.6. The Labute approximate surface area is 209 Å². The van der Waals surface area contributed by atoms with Crippen LogP contribution in [-0.2, 0) is 5.54 Å². The predicted molar refractivity (Wildman–Crippen MR) is 128 cm³/mol. The Morgan fingerprint density at radius 3 is 2.73 bits per heavy atom. The molecule has 2 aliphatic carbocycles. The summed E-state index contributed by atoms with van der Waals surface area (Å²) in [5, 5.41) is 0. The highest BCUT2D eigenvalue weighted by Gasteiger charge is 2.46. The van der Waals surface area contributed by atoms with Crippen molar-refractivity contribution >= 4 is 11.6 Å². The van der Waals surface area contributed by atoms with E-state index < -0.39 is 23.9 Å². The van der Waals surface area contributed by atoms with Gasteiger partial charge in [0.15, 0.2) is 0 Å². The highest BCUT2D eigenvalue weighted by Crippen LogP contribution is 2.52. The van der Waals surface area contributed by atoms with Crippen LogP contribution in [0.3, 0.4) is 0 Å². The summed E-state index contributed by atoms with van der Waals surface area (Å²) >= 11 is 0. The van der Waals surface area contributed by atoms with Gasteiger partial charge in [-0.3, -0.25) is 9.78 Å². The molecule has 0 saturated heterocycles. The maximum Gasteiger partial charge on any atom is 0.387 e. The molecule has 1 amide bonds. The molecule has 4 heterocycles. The number of carbonyl (C=O) groups excluding carboxylic acids is 1. The molecule has 2 N–H and O–H groups in total. The minimum Gasteiger partial charge on any atom is -0.434 e. The summed E-state index contributed by atoms with van der Waals surface area (Å²) in [7, 11) is 1.70. The van der Waals surface area contributed by atoms with E-state index in [4.69, 9.17) is 15.5 Å². The topological polar surface area (TPSA) is 85.8 Å². The van der Waals surface area contributed by atoms with Crippen molar-refractivity contribution in [2.45, 2.75) is 43.4 Å². The SMILES string of the molecule is CN1C(=O)c2cccc(OC(F)F)c2C2CC1c1nc3ccc(-c4cnc(C5(N)CC5)c(F)c4)cn3c12. The molecular formula is C27H22F3N5O2. The van der Waals surface area contributed by atoms with Gasteiger partial charge in [0.05, 0.1) is 28.7 Å². The number of pyridine rings is 2. The van der Waals surface area contributed by atoms with Crippen molar-refractivity contribution in [2.75, 3.05) is 7.05 Å². The van der Waals surface area contributed by atoms with Crippen LogP contribution in [0, 0.1) is 5.82 Å². The van der Waals surface area contributed by atoms with E-state index >= 15 is 0 Å². The number of hydrogen-bond donors (Lipinski definition) is 1. The summed E-state index contributed by atoms with van der Waals surface area (Å²) in [5.74, 6) is -1.12. The van der Waals surface area contributed by atoms with Crippen LogP contribution in [0.15, 0.2) is 48.8 Å². The maximum absolute atomic E-state index is 14.9. The third kappa shape index (κ3) is 3.21. The smallest absolute Gasteiger partial charge is 0.387 e. The number of nitrogens with zero attached hydrogens (tertiary/aromatic N) is 4. The number of alkyl halides is 2. The molecule has 7 rings (SSSR count). The minimum absolute atomic E-state index is 0.0171. The zero-order valence-corrected chi connectivity index (χ0v) is 19.8. The summed E-state index contributed by atoms with van der Waals surface area (Å²) in [6.45, 7) is -3.03. The molecule has 2 atom stereocenters. The van der Waals surface area contributed by atoms with Gasteiger partial charge in [-0.05, 0) is 49.6 Å². The van der Waals surface area contributed by atoms with Crippen molar-refractivity contribution in [3.05, 3.63) is 82.8 Å². The molecule has 3 aliphatic rings. The molecule has 7 nitrogen and oxygen atoms in total. The maximum atomic E-state index is 14.9. The van der Waals surface area contributed by atoms with Gasteiger partial charge in [0.1, 0.15) is 17.2 Å². The average Bonchev–Trinajstić information content (AvgIpc) is 3.38. The van der Waals surface area contributed by atoms with E-state index in [0.717, 1.165) is 5.69 Å². The Morgan fingerprint density at radius 1 is 1.19 bits per heavy atom. The van der Waals surface area contributed by atoms with E-state index in [-0.39, 0.29) is 23.4 Å². The molecule has 4 aromatic rings. The van der Waals surface area contributed by atoms with Gasteiger partial charge in [-0.2, -0.15) is 8.78 Å². The van der Waals surface area contributed by atoms with E-state index in [1.54, 1.807) is 30.3 Å². The van der Waals surface area contributed by atoms with Gasteiger partial charge in [-0.15, -0.1) is 0 Å². The Kier molecular flexibility index (Phi) is 4.55. The van der Waals surface area contributed by atoms with Crippen LogP contribution in [0.1, 0.15) is 64.2 Å². The van der Waals surface area contributed by atoms with E-state index in [2.05, 4.69) is 4.98 Å². The zero-order valence-electron chi connectivity index (χ0n) is 19.8. The number of halogens is 3. The van der Waals surface area contributed by atoms with Crippen LogP contribution in [0.5, 0.6) is 5.75 Å². The number of aromatic nitrogens is 3. The fourth-order valence-electron chi connectivity index (χ4n) is 5.84. The second-order valence-electron chi connectivity index (χ2n) is 10.1. The van der Waals surface area contributed by atoms with Crippen LogP contribution < -0.4 is 10.5 Å². The Balaban J connectivity index is 1.40. The van der Waals surface area contributed by atoms with Gasteiger partial charge in [0.2, 0.25) is 0 Å². The minimum atomic E-state index is -3.03. The lowest BCUT2D eigenvalue weighted by Crippen LogP contribution is -2.30. The van der Waals surface area contributed by atoms with E-state index in [1.807, 2.05) is 22.7 Å².